The Labute approximate surface area is 207 Å². The minimum atomic E-state index is -3.55. The van der Waals surface area contributed by atoms with Gasteiger partial charge in [0.25, 0.3) is 0 Å². The molecule has 1 atom stereocenters. The van der Waals surface area contributed by atoms with Crippen molar-refractivity contribution in [3.8, 4) is 0 Å². The summed E-state index contributed by atoms with van der Waals surface area (Å²) in [6.45, 7) is 3.92. The third-order valence-electron chi connectivity index (χ3n) is 7.66. The number of carbonyl (C=O) groups excluding carboxylic acids is 2. The van der Waals surface area contributed by atoms with Crippen LogP contribution in [0.15, 0.2) is 53.4 Å². The standard InChI is InChI=1S/C27H33N3O4S/c1-20(31)30-25-10-9-24(35(33,34)29-13-5-6-14-29)18-23(25)19-26(30)27(32)28-15-11-22(12-16-28)17-21-7-3-2-4-8-21/h2-4,7-10,18,22,26H,5-6,11-17,19H2,1H3. The predicted molar refractivity (Wildman–Crippen MR) is 135 cm³/mol. The Morgan fingerprint density at radius 3 is 2.29 bits per heavy atom. The number of benzene rings is 2. The van der Waals surface area contributed by atoms with Gasteiger partial charge in [-0.15, -0.1) is 0 Å². The van der Waals surface area contributed by atoms with E-state index in [-0.39, 0.29) is 16.7 Å². The second-order valence-corrected chi connectivity index (χ2v) is 11.9. The number of sulfonamides is 1. The summed E-state index contributed by atoms with van der Waals surface area (Å²) in [5.41, 5.74) is 2.72. The molecule has 8 heteroatoms. The van der Waals surface area contributed by atoms with E-state index in [4.69, 9.17) is 0 Å². The molecule has 7 nitrogen and oxygen atoms in total. The van der Waals surface area contributed by atoms with Crippen LogP contribution in [-0.2, 0) is 32.5 Å². The molecule has 3 heterocycles. The van der Waals surface area contributed by atoms with Crippen LogP contribution in [-0.4, -0.2) is 61.7 Å². The molecular formula is C27H33N3O4S. The molecule has 5 rings (SSSR count). The van der Waals surface area contributed by atoms with Crippen molar-refractivity contribution in [2.45, 2.75) is 56.4 Å². The van der Waals surface area contributed by atoms with Crippen LogP contribution < -0.4 is 4.90 Å². The number of hydrogen-bond acceptors (Lipinski definition) is 4. The summed E-state index contributed by atoms with van der Waals surface area (Å²) in [5, 5.41) is 0. The highest BCUT2D eigenvalue weighted by Crippen LogP contribution is 2.36. The second kappa shape index (κ2) is 9.74. The van der Waals surface area contributed by atoms with Gasteiger partial charge in [0.1, 0.15) is 6.04 Å². The molecule has 3 aliphatic rings. The first kappa shape index (κ1) is 24.0. The van der Waals surface area contributed by atoms with E-state index in [1.807, 2.05) is 11.0 Å². The van der Waals surface area contributed by atoms with E-state index in [2.05, 4.69) is 24.3 Å². The van der Waals surface area contributed by atoms with E-state index in [1.165, 1.54) is 16.8 Å². The molecule has 1 unspecified atom stereocenters. The number of fused-ring (bicyclic) bond motifs is 1. The number of carbonyl (C=O) groups is 2. The van der Waals surface area contributed by atoms with Crippen LogP contribution in [0.2, 0.25) is 0 Å². The number of piperidine rings is 1. The summed E-state index contributed by atoms with van der Waals surface area (Å²) in [7, 11) is -3.55. The summed E-state index contributed by atoms with van der Waals surface area (Å²) in [4.78, 5) is 29.8. The van der Waals surface area contributed by atoms with Crippen LogP contribution in [0.5, 0.6) is 0 Å². The van der Waals surface area contributed by atoms with Gasteiger partial charge < -0.3 is 4.90 Å². The average Bonchev–Trinajstić information content (AvgIpc) is 3.53. The number of rotatable bonds is 5. The Morgan fingerprint density at radius 1 is 0.943 bits per heavy atom. The molecule has 3 aliphatic heterocycles. The molecule has 2 aromatic rings. The second-order valence-electron chi connectivity index (χ2n) is 9.97. The molecule has 0 aliphatic carbocycles. The first-order valence-corrected chi connectivity index (χ1v) is 14.0. The third kappa shape index (κ3) is 4.74. The number of amides is 2. The lowest BCUT2D eigenvalue weighted by Gasteiger charge is -2.35. The predicted octanol–water partition coefficient (Wildman–Crippen LogP) is 3.23. The van der Waals surface area contributed by atoms with Crippen molar-refractivity contribution in [2.24, 2.45) is 5.92 Å². The molecule has 2 saturated heterocycles. The zero-order chi connectivity index (χ0) is 24.6. The fourth-order valence-corrected chi connectivity index (χ4v) is 7.34. The van der Waals surface area contributed by atoms with E-state index in [1.54, 1.807) is 23.1 Å². The van der Waals surface area contributed by atoms with Crippen LogP contribution in [0.4, 0.5) is 5.69 Å². The molecular weight excluding hydrogens is 462 g/mol. The van der Waals surface area contributed by atoms with Gasteiger partial charge in [0.15, 0.2) is 0 Å². The summed E-state index contributed by atoms with van der Waals surface area (Å²) in [6.07, 6.45) is 5.01. The molecule has 0 bridgehead atoms. The zero-order valence-electron chi connectivity index (χ0n) is 20.2. The molecule has 2 aromatic carbocycles. The molecule has 186 valence electrons. The van der Waals surface area contributed by atoms with Crippen LogP contribution in [0.3, 0.4) is 0 Å². The fraction of sp³-hybridized carbons (Fsp3) is 0.481. The van der Waals surface area contributed by atoms with E-state index in [9.17, 15) is 18.0 Å². The van der Waals surface area contributed by atoms with Gasteiger partial charge in [0, 0.05) is 45.2 Å². The van der Waals surface area contributed by atoms with E-state index in [0.29, 0.717) is 44.2 Å². The lowest BCUT2D eigenvalue weighted by Crippen LogP contribution is -2.51. The highest BCUT2D eigenvalue weighted by atomic mass is 32.2. The smallest absolute Gasteiger partial charge is 0.246 e. The SMILES string of the molecule is CC(=O)N1c2ccc(S(=O)(=O)N3CCCC3)cc2CC1C(=O)N1CCC(Cc2ccccc2)CC1. The number of anilines is 1. The Balaban J connectivity index is 1.29. The van der Waals surface area contributed by atoms with Gasteiger partial charge in [-0.1, -0.05) is 30.3 Å². The quantitative estimate of drug-likeness (QED) is 0.638. The molecule has 0 spiro atoms. The van der Waals surface area contributed by atoms with Crippen molar-refractivity contribution >= 4 is 27.5 Å². The van der Waals surface area contributed by atoms with Gasteiger partial charge in [-0.25, -0.2) is 8.42 Å². The molecule has 0 aromatic heterocycles. The van der Waals surface area contributed by atoms with Crippen LogP contribution >= 0.6 is 0 Å². The maximum atomic E-state index is 13.5. The van der Waals surface area contributed by atoms with Crippen molar-refractivity contribution in [1.29, 1.82) is 0 Å². The monoisotopic (exact) mass is 495 g/mol. The molecule has 0 saturated carbocycles. The number of nitrogens with zero attached hydrogens (tertiary/aromatic N) is 3. The summed E-state index contributed by atoms with van der Waals surface area (Å²) in [6, 6.07) is 14.8. The molecule has 0 N–H and O–H groups in total. The Morgan fingerprint density at radius 2 is 1.63 bits per heavy atom. The van der Waals surface area contributed by atoms with Gasteiger partial charge in [-0.05, 0) is 67.3 Å². The van der Waals surface area contributed by atoms with Crippen molar-refractivity contribution in [3.63, 3.8) is 0 Å². The maximum Gasteiger partial charge on any atom is 0.246 e. The Hall–Kier alpha value is -2.71. The van der Waals surface area contributed by atoms with Crippen molar-refractivity contribution in [3.05, 3.63) is 59.7 Å². The molecule has 2 fully saturated rings. The van der Waals surface area contributed by atoms with Gasteiger partial charge >= 0.3 is 0 Å². The number of hydrogen-bond donors (Lipinski definition) is 0. The molecule has 35 heavy (non-hydrogen) atoms. The third-order valence-corrected chi connectivity index (χ3v) is 9.55. The van der Waals surface area contributed by atoms with Crippen molar-refractivity contribution in [2.75, 3.05) is 31.1 Å². The topological polar surface area (TPSA) is 78.0 Å². The normalized spacial score (nSPS) is 21.3. The molecule has 2 amide bonds. The Bertz CT molecular complexity index is 1200. The van der Waals surface area contributed by atoms with Gasteiger partial charge in [-0.3, -0.25) is 14.5 Å². The van der Waals surface area contributed by atoms with Crippen molar-refractivity contribution < 1.29 is 18.0 Å². The van der Waals surface area contributed by atoms with Crippen LogP contribution in [0.1, 0.15) is 43.7 Å². The van der Waals surface area contributed by atoms with Crippen LogP contribution in [0, 0.1) is 5.92 Å². The van der Waals surface area contributed by atoms with Gasteiger partial charge in [0.05, 0.1) is 4.90 Å². The maximum absolute atomic E-state index is 13.5. The largest absolute Gasteiger partial charge is 0.341 e. The first-order valence-electron chi connectivity index (χ1n) is 12.6. The summed E-state index contributed by atoms with van der Waals surface area (Å²) in [5.74, 6) is 0.305. The lowest BCUT2D eigenvalue weighted by atomic mass is 9.90. The van der Waals surface area contributed by atoms with Gasteiger partial charge in [0.2, 0.25) is 21.8 Å². The minimum absolute atomic E-state index is 0.0430. The molecule has 0 radical (unpaired) electrons. The first-order chi connectivity index (χ1) is 16.8. The fourth-order valence-electron chi connectivity index (χ4n) is 5.77. The van der Waals surface area contributed by atoms with E-state index < -0.39 is 16.1 Å². The zero-order valence-corrected chi connectivity index (χ0v) is 21.0. The Kier molecular flexibility index (Phi) is 6.68. The minimum Gasteiger partial charge on any atom is -0.341 e. The van der Waals surface area contributed by atoms with E-state index in [0.717, 1.165) is 37.7 Å². The summed E-state index contributed by atoms with van der Waals surface area (Å²) < 4.78 is 27.6. The number of likely N-dealkylation sites (tertiary alicyclic amines) is 1. The lowest BCUT2D eigenvalue weighted by molar-refractivity contribution is -0.135. The van der Waals surface area contributed by atoms with Gasteiger partial charge in [-0.2, -0.15) is 4.31 Å². The van der Waals surface area contributed by atoms with Crippen LogP contribution in [0.25, 0.3) is 0 Å². The summed E-state index contributed by atoms with van der Waals surface area (Å²) >= 11 is 0. The highest BCUT2D eigenvalue weighted by Gasteiger charge is 2.40. The highest BCUT2D eigenvalue weighted by molar-refractivity contribution is 7.89. The van der Waals surface area contributed by atoms with E-state index >= 15 is 0 Å². The average molecular weight is 496 g/mol. The van der Waals surface area contributed by atoms with Crippen molar-refractivity contribution in [1.82, 2.24) is 9.21 Å².